The van der Waals surface area contributed by atoms with Gasteiger partial charge in [0, 0.05) is 30.9 Å². The molecular formula is C17H13F3N4O2. The molecule has 1 N–H and O–H groups in total. The van der Waals surface area contributed by atoms with Crippen LogP contribution in [0.15, 0.2) is 53.3 Å². The first-order valence-electron chi connectivity index (χ1n) is 7.57. The molecule has 1 amide bonds. The Labute approximate surface area is 146 Å². The van der Waals surface area contributed by atoms with Gasteiger partial charge < -0.3 is 9.84 Å². The van der Waals surface area contributed by atoms with Crippen LogP contribution in [-0.2, 0) is 19.1 Å². The molecule has 0 spiro atoms. The molecule has 26 heavy (non-hydrogen) atoms. The number of amides is 1. The minimum Gasteiger partial charge on any atom is -0.348 e. The lowest BCUT2D eigenvalue weighted by atomic mass is 10.1. The van der Waals surface area contributed by atoms with Gasteiger partial charge in [0.2, 0.25) is 0 Å². The molecule has 3 rings (SSSR count). The first-order valence-corrected chi connectivity index (χ1v) is 7.57. The summed E-state index contributed by atoms with van der Waals surface area (Å²) in [5, 5.41) is 6.07. The Hall–Kier alpha value is -3.23. The third-order valence-electron chi connectivity index (χ3n) is 3.46. The van der Waals surface area contributed by atoms with Gasteiger partial charge in [0.05, 0.1) is 0 Å². The van der Waals surface area contributed by atoms with Crippen LogP contribution in [0.2, 0.25) is 0 Å². The second-order valence-corrected chi connectivity index (χ2v) is 5.43. The third kappa shape index (κ3) is 4.44. The highest BCUT2D eigenvalue weighted by molar-refractivity contribution is 5.94. The van der Waals surface area contributed by atoms with Gasteiger partial charge in [-0.25, -0.2) is 0 Å². The predicted molar refractivity (Wildman–Crippen MR) is 84.0 cm³/mol. The number of benzene rings is 1. The zero-order valence-corrected chi connectivity index (χ0v) is 13.3. The molecule has 6 nitrogen and oxygen atoms in total. The molecule has 0 saturated carbocycles. The Kier molecular flexibility index (Phi) is 4.97. The van der Waals surface area contributed by atoms with Gasteiger partial charge in [-0.1, -0.05) is 23.4 Å². The number of nitrogens with zero attached hydrogens (tertiary/aromatic N) is 3. The van der Waals surface area contributed by atoms with E-state index in [-0.39, 0.29) is 18.2 Å². The van der Waals surface area contributed by atoms with E-state index < -0.39 is 12.1 Å². The Morgan fingerprint density at radius 3 is 2.50 bits per heavy atom. The van der Waals surface area contributed by atoms with E-state index in [9.17, 15) is 18.0 Å². The molecule has 134 valence electrons. The molecule has 0 bridgehead atoms. The van der Waals surface area contributed by atoms with Crippen molar-refractivity contribution in [2.24, 2.45) is 0 Å². The van der Waals surface area contributed by atoms with Gasteiger partial charge in [0.25, 0.3) is 5.91 Å². The van der Waals surface area contributed by atoms with Crippen LogP contribution in [0.25, 0.3) is 0 Å². The summed E-state index contributed by atoms with van der Waals surface area (Å²) in [4.78, 5) is 19.4. The van der Waals surface area contributed by atoms with Gasteiger partial charge in [-0.05, 0) is 29.3 Å². The van der Waals surface area contributed by atoms with E-state index in [4.69, 9.17) is 0 Å². The normalized spacial score (nSPS) is 11.3. The van der Waals surface area contributed by atoms with Gasteiger partial charge in [-0.15, -0.1) is 0 Å². The molecule has 0 radical (unpaired) electrons. The summed E-state index contributed by atoms with van der Waals surface area (Å²) in [6, 6.07) is 10.0. The molecule has 1 aromatic carbocycles. The summed E-state index contributed by atoms with van der Waals surface area (Å²) in [5.41, 5.74) is 1.96. The van der Waals surface area contributed by atoms with Crippen molar-refractivity contribution >= 4 is 5.91 Å². The molecule has 0 atom stereocenters. The molecule has 0 saturated heterocycles. The molecule has 0 aliphatic heterocycles. The van der Waals surface area contributed by atoms with Gasteiger partial charge in [0.15, 0.2) is 5.82 Å². The van der Waals surface area contributed by atoms with Crippen LogP contribution in [0.4, 0.5) is 13.2 Å². The minimum atomic E-state index is -4.67. The topological polar surface area (TPSA) is 80.9 Å². The fraction of sp³-hybridized carbons (Fsp3) is 0.176. The van der Waals surface area contributed by atoms with Crippen molar-refractivity contribution in [3.05, 3.63) is 77.2 Å². The van der Waals surface area contributed by atoms with Crippen molar-refractivity contribution in [2.45, 2.75) is 19.1 Å². The zero-order chi connectivity index (χ0) is 18.6. The van der Waals surface area contributed by atoms with Crippen molar-refractivity contribution in [1.82, 2.24) is 20.4 Å². The van der Waals surface area contributed by atoms with Gasteiger partial charge in [0.1, 0.15) is 0 Å². The first kappa shape index (κ1) is 17.6. The number of aromatic nitrogens is 3. The summed E-state index contributed by atoms with van der Waals surface area (Å²) < 4.78 is 41.5. The molecular weight excluding hydrogens is 349 g/mol. The molecule has 2 aromatic heterocycles. The van der Waals surface area contributed by atoms with Crippen LogP contribution in [-0.4, -0.2) is 21.0 Å². The predicted octanol–water partition coefficient (Wildman–Crippen LogP) is 3.00. The maximum atomic E-state index is 12.4. The largest absolute Gasteiger partial charge is 0.471 e. The number of pyridine rings is 1. The molecule has 3 aromatic rings. The van der Waals surface area contributed by atoms with Crippen molar-refractivity contribution in [2.75, 3.05) is 0 Å². The zero-order valence-electron chi connectivity index (χ0n) is 13.3. The van der Waals surface area contributed by atoms with E-state index in [1.807, 2.05) is 6.07 Å². The smallest absolute Gasteiger partial charge is 0.348 e. The standard InChI is InChI=1S/C17H13F3N4O2/c18-17(19,20)16-23-14(24-26-16)8-11-3-5-13(6-4-11)15(25)22-10-12-2-1-7-21-9-12/h1-7,9H,8,10H2,(H,22,25). The highest BCUT2D eigenvalue weighted by atomic mass is 19.4. The molecule has 2 heterocycles. The quantitative estimate of drug-likeness (QED) is 0.755. The Bertz CT molecular complexity index is 877. The second-order valence-electron chi connectivity index (χ2n) is 5.43. The average molecular weight is 362 g/mol. The van der Waals surface area contributed by atoms with Crippen LogP contribution in [0.1, 0.15) is 33.2 Å². The SMILES string of the molecule is O=C(NCc1cccnc1)c1ccc(Cc2noc(C(F)(F)F)n2)cc1. The number of carbonyl (C=O) groups excluding carboxylic acids is 1. The fourth-order valence-corrected chi connectivity index (χ4v) is 2.18. The van der Waals surface area contributed by atoms with E-state index >= 15 is 0 Å². The molecule has 9 heteroatoms. The Balaban J connectivity index is 1.59. The maximum Gasteiger partial charge on any atom is 0.471 e. The number of nitrogens with one attached hydrogen (secondary N) is 1. The van der Waals surface area contributed by atoms with E-state index in [0.29, 0.717) is 17.7 Å². The summed E-state index contributed by atoms with van der Waals surface area (Å²) in [6.07, 6.45) is -1.30. The lowest BCUT2D eigenvalue weighted by Crippen LogP contribution is -2.22. The molecule has 0 aliphatic carbocycles. The molecule has 0 aliphatic rings. The van der Waals surface area contributed by atoms with E-state index in [0.717, 1.165) is 5.56 Å². The molecule has 0 unspecified atom stereocenters. The minimum absolute atomic E-state index is 0.0666. The fourth-order valence-electron chi connectivity index (χ4n) is 2.18. The molecule has 0 fully saturated rings. The van der Waals surface area contributed by atoms with E-state index in [1.54, 1.807) is 42.7 Å². The van der Waals surface area contributed by atoms with E-state index in [1.165, 1.54) is 0 Å². The van der Waals surface area contributed by atoms with Crippen LogP contribution < -0.4 is 5.32 Å². The Morgan fingerprint density at radius 1 is 1.12 bits per heavy atom. The second kappa shape index (κ2) is 7.34. The van der Waals surface area contributed by atoms with Crippen LogP contribution in [0, 0.1) is 0 Å². The third-order valence-corrected chi connectivity index (χ3v) is 3.46. The number of alkyl halides is 3. The van der Waals surface area contributed by atoms with Gasteiger partial charge in [-0.3, -0.25) is 9.78 Å². The van der Waals surface area contributed by atoms with Gasteiger partial charge >= 0.3 is 12.1 Å². The summed E-state index contributed by atoms with van der Waals surface area (Å²) in [6.45, 7) is 0.345. The number of carbonyl (C=O) groups is 1. The number of hydrogen-bond acceptors (Lipinski definition) is 5. The first-order chi connectivity index (χ1) is 12.4. The highest BCUT2D eigenvalue weighted by Crippen LogP contribution is 2.27. The van der Waals surface area contributed by atoms with Crippen molar-refractivity contribution < 1.29 is 22.5 Å². The lowest BCUT2D eigenvalue weighted by Gasteiger charge is -2.06. The Morgan fingerprint density at radius 2 is 1.88 bits per heavy atom. The summed E-state index contributed by atoms with van der Waals surface area (Å²) in [7, 11) is 0. The summed E-state index contributed by atoms with van der Waals surface area (Å²) >= 11 is 0. The van der Waals surface area contributed by atoms with Crippen molar-refractivity contribution in [1.29, 1.82) is 0 Å². The van der Waals surface area contributed by atoms with Gasteiger partial charge in [-0.2, -0.15) is 18.2 Å². The highest BCUT2D eigenvalue weighted by Gasteiger charge is 2.38. The monoisotopic (exact) mass is 362 g/mol. The van der Waals surface area contributed by atoms with Crippen molar-refractivity contribution in [3.8, 4) is 0 Å². The number of hydrogen-bond donors (Lipinski definition) is 1. The van der Waals surface area contributed by atoms with E-state index in [2.05, 4.69) is 25.0 Å². The maximum absolute atomic E-state index is 12.4. The average Bonchev–Trinajstić information content (AvgIpc) is 3.10. The van der Waals surface area contributed by atoms with Crippen LogP contribution in [0.5, 0.6) is 0 Å². The van der Waals surface area contributed by atoms with Crippen molar-refractivity contribution in [3.63, 3.8) is 0 Å². The van der Waals surface area contributed by atoms with Crippen LogP contribution >= 0.6 is 0 Å². The lowest BCUT2D eigenvalue weighted by molar-refractivity contribution is -0.159. The number of rotatable bonds is 5. The summed E-state index contributed by atoms with van der Waals surface area (Å²) in [5.74, 6) is -1.72. The van der Waals surface area contributed by atoms with Crippen LogP contribution in [0.3, 0.4) is 0 Å². The number of halogens is 3.